The van der Waals surface area contributed by atoms with Crippen molar-refractivity contribution in [3.63, 3.8) is 0 Å². The van der Waals surface area contributed by atoms with Crippen LogP contribution in [-0.4, -0.2) is 40.1 Å². The second-order valence-electron chi connectivity index (χ2n) is 7.52. The van der Waals surface area contributed by atoms with E-state index in [-0.39, 0.29) is 5.69 Å². The summed E-state index contributed by atoms with van der Waals surface area (Å²) in [6.07, 6.45) is 0.944. The summed E-state index contributed by atoms with van der Waals surface area (Å²) in [5.41, 5.74) is 1.61. The Kier molecular flexibility index (Phi) is 4.62. The lowest BCUT2D eigenvalue weighted by Crippen LogP contribution is -2.15. The van der Waals surface area contributed by atoms with E-state index in [2.05, 4.69) is 10.3 Å². The number of rotatable bonds is 6. The predicted octanol–water partition coefficient (Wildman–Crippen LogP) is 3.68. The van der Waals surface area contributed by atoms with Crippen LogP contribution < -0.4 is 10.1 Å². The Balaban J connectivity index is 1.44. The molecule has 1 aliphatic heterocycles. The second-order valence-corrected chi connectivity index (χ2v) is 7.52. The van der Waals surface area contributed by atoms with E-state index in [0.717, 1.165) is 18.9 Å². The Morgan fingerprint density at radius 3 is 2.83 bits per heavy atom. The molecule has 0 bridgehead atoms. The van der Waals surface area contributed by atoms with Gasteiger partial charge in [-0.1, -0.05) is 6.07 Å². The van der Waals surface area contributed by atoms with Crippen LogP contribution in [0.4, 0.5) is 14.5 Å². The molecule has 1 saturated carbocycles. The first-order valence-corrected chi connectivity index (χ1v) is 9.84. The minimum absolute atomic E-state index is 0.0806. The average Bonchev–Trinajstić information content (AvgIpc) is 3.07. The fourth-order valence-corrected chi connectivity index (χ4v) is 4.15. The Morgan fingerprint density at radius 2 is 2.10 bits per heavy atom. The lowest BCUT2D eigenvalue weighted by molar-refractivity contribution is 0.102. The van der Waals surface area contributed by atoms with E-state index >= 15 is 0 Å². The maximum atomic E-state index is 12.9. The minimum atomic E-state index is -2.74. The van der Waals surface area contributed by atoms with Gasteiger partial charge >= 0.3 is 0 Å². The van der Waals surface area contributed by atoms with Gasteiger partial charge in [-0.25, -0.2) is 18.7 Å². The van der Waals surface area contributed by atoms with E-state index in [1.807, 2.05) is 17.5 Å². The molecule has 1 N–H and O–H groups in total. The van der Waals surface area contributed by atoms with E-state index < -0.39 is 18.0 Å². The van der Waals surface area contributed by atoms with Crippen molar-refractivity contribution >= 4 is 17.2 Å². The molecule has 5 rings (SSSR count). The number of halogens is 2. The predicted molar refractivity (Wildman–Crippen MR) is 104 cm³/mol. The lowest BCUT2D eigenvalue weighted by Gasteiger charge is -2.10. The van der Waals surface area contributed by atoms with E-state index in [1.165, 1.54) is 18.2 Å². The van der Waals surface area contributed by atoms with Gasteiger partial charge < -0.3 is 19.2 Å². The maximum absolute atomic E-state index is 12.9. The Labute approximate surface area is 171 Å². The number of carbonyl (C=O) groups is 1. The number of hydrogen-bond acceptors (Lipinski definition) is 5. The van der Waals surface area contributed by atoms with Crippen LogP contribution in [0.2, 0.25) is 0 Å². The molecule has 3 aromatic rings. The van der Waals surface area contributed by atoms with E-state index in [1.54, 1.807) is 12.3 Å². The van der Waals surface area contributed by atoms with Gasteiger partial charge in [-0.2, -0.15) is 0 Å². The zero-order valence-electron chi connectivity index (χ0n) is 16.2. The molecule has 4 heterocycles. The van der Waals surface area contributed by atoms with Gasteiger partial charge in [0.05, 0.1) is 31.2 Å². The number of aromatic nitrogens is 3. The van der Waals surface area contributed by atoms with Crippen molar-refractivity contribution in [2.24, 2.45) is 11.8 Å². The van der Waals surface area contributed by atoms with Crippen LogP contribution in [-0.2, 0) is 4.74 Å². The molecule has 2 aliphatic rings. The Bertz CT molecular complexity index is 1110. The number of fused-ring (bicyclic) bond motifs is 2. The van der Waals surface area contributed by atoms with E-state index in [9.17, 15) is 13.6 Å². The summed E-state index contributed by atoms with van der Waals surface area (Å²) >= 11 is 0. The average molecular weight is 414 g/mol. The quantitative estimate of drug-likeness (QED) is 0.666. The number of nitrogens with one attached hydrogen (secondary N) is 1. The van der Waals surface area contributed by atoms with Crippen LogP contribution in [0.15, 0.2) is 36.7 Å². The normalized spacial score (nSPS) is 22.3. The number of pyridine rings is 2. The van der Waals surface area contributed by atoms with Gasteiger partial charge in [-0.05, 0) is 30.9 Å². The van der Waals surface area contributed by atoms with Gasteiger partial charge in [0.2, 0.25) is 0 Å². The first-order chi connectivity index (χ1) is 14.5. The lowest BCUT2D eigenvalue weighted by atomic mass is 10.2. The first kappa shape index (κ1) is 18.9. The van der Waals surface area contributed by atoms with Gasteiger partial charge in [0, 0.05) is 24.4 Å². The summed E-state index contributed by atoms with van der Waals surface area (Å²) in [4.78, 5) is 21.0. The number of amides is 1. The molecule has 2 fully saturated rings. The highest BCUT2D eigenvalue weighted by atomic mass is 19.3. The van der Waals surface area contributed by atoms with Crippen molar-refractivity contribution < 1.29 is 23.0 Å². The fraction of sp³-hybridized carbons (Fsp3) is 0.381. The molecule has 1 aliphatic carbocycles. The monoisotopic (exact) mass is 414 g/mol. The number of ether oxygens (including phenoxy) is 2. The fourth-order valence-electron chi connectivity index (χ4n) is 4.15. The smallest absolute Gasteiger partial charge is 0.280 e. The van der Waals surface area contributed by atoms with Crippen molar-refractivity contribution in [2.75, 3.05) is 25.1 Å². The highest BCUT2D eigenvalue weighted by Crippen LogP contribution is 2.57. The summed E-state index contributed by atoms with van der Waals surface area (Å²) < 4.78 is 38.8. The summed E-state index contributed by atoms with van der Waals surface area (Å²) in [6, 6.07) is 5.65. The van der Waals surface area contributed by atoms with Gasteiger partial charge in [0.15, 0.2) is 11.4 Å². The third-order valence-electron chi connectivity index (χ3n) is 5.61. The highest BCUT2D eigenvalue weighted by molar-refractivity contribution is 6.03. The minimum Gasteiger partial charge on any atom is -0.490 e. The number of nitrogens with zero attached hydrogens (tertiary/aromatic N) is 3. The van der Waals surface area contributed by atoms with Crippen molar-refractivity contribution in [1.82, 2.24) is 14.4 Å². The third-order valence-corrected chi connectivity index (χ3v) is 5.61. The molecule has 30 heavy (non-hydrogen) atoms. The van der Waals surface area contributed by atoms with Gasteiger partial charge in [0.25, 0.3) is 12.3 Å². The SMILES string of the molecule is CCOc1cc(NC(=O)c2cccc(C(F)F)n2)cn2cc(C3[C@H]4COC[C@@H]34)nc12. The molecule has 1 saturated heterocycles. The molecule has 1 amide bonds. The molecule has 156 valence electrons. The van der Waals surface area contributed by atoms with Crippen LogP contribution in [0, 0.1) is 11.8 Å². The van der Waals surface area contributed by atoms with Crippen molar-refractivity contribution in [3.05, 3.63) is 53.7 Å². The van der Waals surface area contributed by atoms with Crippen LogP contribution >= 0.6 is 0 Å². The summed E-state index contributed by atoms with van der Waals surface area (Å²) in [7, 11) is 0. The van der Waals surface area contributed by atoms with E-state index in [0.29, 0.717) is 41.4 Å². The van der Waals surface area contributed by atoms with Crippen molar-refractivity contribution in [3.8, 4) is 5.75 Å². The Morgan fingerprint density at radius 1 is 1.30 bits per heavy atom. The molecule has 0 aromatic carbocycles. The first-order valence-electron chi connectivity index (χ1n) is 9.84. The maximum Gasteiger partial charge on any atom is 0.280 e. The molecule has 0 radical (unpaired) electrons. The summed E-state index contributed by atoms with van der Waals surface area (Å²) in [5, 5.41) is 2.71. The molecular weight excluding hydrogens is 394 g/mol. The molecule has 1 unspecified atom stereocenters. The van der Waals surface area contributed by atoms with Crippen LogP contribution in [0.3, 0.4) is 0 Å². The van der Waals surface area contributed by atoms with Crippen LogP contribution in [0.5, 0.6) is 5.75 Å². The molecule has 9 heteroatoms. The standard InChI is InChI=1S/C21H20F2N4O3/c1-2-30-17-6-11(24-21(28)15-5-3-4-14(25-15)19(22)23)7-27-8-16(26-20(17)27)18-12-9-29-10-13(12)18/h3-8,12-13,18-19H,2,9-10H2,1H3,(H,24,28)/t12-,13+,18?. The topological polar surface area (TPSA) is 77.8 Å². The number of anilines is 1. The number of hydrogen-bond donors (Lipinski definition) is 1. The van der Waals surface area contributed by atoms with Gasteiger partial charge in [0.1, 0.15) is 11.4 Å². The number of carbonyl (C=O) groups excluding carboxylic acids is 1. The molecule has 0 spiro atoms. The third kappa shape index (κ3) is 3.28. The molecule has 7 nitrogen and oxygen atoms in total. The largest absolute Gasteiger partial charge is 0.490 e. The van der Waals surface area contributed by atoms with Gasteiger partial charge in [-0.15, -0.1) is 0 Å². The zero-order chi connectivity index (χ0) is 20.8. The summed E-state index contributed by atoms with van der Waals surface area (Å²) in [6.45, 7) is 3.85. The molecule has 3 atom stereocenters. The zero-order valence-corrected chi connectivity index (χ0v) is 16.2. The van der Waals surface area contributed by atoms with Crippen molar-refractivity contribution in [2.45, 2.75) is 19.3 Å². The number of alkyl halides is 2. The van der Waals surface area contributed by atoms with Crippen molar-refractivity contribution in [1.29, 1.82) is 0 Å². The van der Waals surface area contributed by atoms with Crippen LogP contribution in [0.1, 0.15) is 41.1 Å². The van der Waals surface area contributed by atoms with E-state index in [4.69, 9.17) is 14.5 Å². The van der Waals surface area contributed by atoms with Gasteiger partial charge in [-0.3, -0.25) is 4.79 Å². The summed E-state index contributed by atoms with van der Waals surface area (Å²) in [5.74, 6) is 1.41. The number of imidazole rings is 1. The Hall–Kier alpha value is -3.07. The molecule has 3 aromatic heterocycles. The second kappa shape index (κ2) is 7.32. The van der Waals surface area contributed by atoms with Crippen LogP contribution in [0.25, 0.3) is 5.65 Å². The highest BCUT2D eigenvalue weighted by Gasteiger charge is 2.55. The molecular formula is C21H20F2N4O3.